The fourth-order valence-corrected chi connectivity index (χ4v) is 2.74. The lowest BCUT2D eigenvalue weighted by Gasteiger charge is -2.19. The van der Waals surface area contributed by atoms with Crippen molar-refractivity contribution in [1.82, 2.24) is 0 Å². The average molecular weight is 521 g/mol. The molecule has 37 heavy (non-hydrogen) atoms. The highest BCUT2D eigenvalue weighted by Gasteiger charge is 2.22. The molecule has 0 bridgehead atoms. The smallest absolute Gasteiger partial charge is 0.163 e. The molecule has 11 nitrogen and oxygen atoms in total. The molecule has 1 unspecified atom stereocenters. The van der Waals surface area contributed by atoms with Gasteiger partial charge in [-0.3, -0.25) is 9.59 Å². The van der Waals surface area contributed by atoms with E-state index in [2.05, 4.69) is 0 Å². The zero-order valence-electron chi connectivity index (χ0n) is 20.4. The van der Waals surface area contributed by atoms with E-state index in [0.717, 1.165) is 0 Å². The predicted molar refractivity (Wildman–Crippen MR) is 134 cm³/mol. The normalized spacial score (nSPS) is 13.5. The number of ketones is 2. The van der Waals surface area contributed by atoms with Crippen molar-refractivity contribution in [3.05, 3.63) is 59.7 Å². The molecule has 0 saturated carbocycles. The second-order valence-corrected chi connectivity index (χ2v) is 7.63. The predicted octanol–water partition coefficient (Wildman–Crippen LogP) is 0.424. The number of methoxy groups -OCH3 is 2. The summed E-state index contributed by atoms with van der Waals surface area (Å²) in [7, 11) is 2.87. The van der Waals surface area contributed by atoms with Crippen LogP contribution in [0.1, 0.15) is 17.5 Å². The van der Waals surface area contributed by atoms with Crippen molar-refractivity contribution >= 4 is 23.7 Å². The van der Waals surface area contributed by atoms with Crippen molar-refractivity contribution in [1.29, 1.82) is 0 Å². The molecular formula is C26H32O11. The molecule has 0 spiro atoms. The van der Waals surface area contributed by atoms with Crippen molar-refractivity contribution in [2.45, 2.75) is 24.7 Å². The van der Waals surface area contributed by atoms with Gasteiger partial charge in [-0.1, -0.05) is 24.3 Å². The number of carbonyl (C=O) groups is 2. The lowest BCUT2D eigenvalue weighted by Crippen LogP contribution is -2.41. The SMILES string of the molecule is COc1cc(/C=C/C(=O)CC(=O)/C=C/c2ccc(O)c(OC)c2)ccc1O.OC[C@@H](O)C(O)[C@@H](O)CO. The molecule has 11 heteroatoms. The quantitative estimate of drug-likeness (QED) is 0.151. The molecule has 0 aliphatic carbocycles. The second-order valence-electron chi connectivity index (χ2n) is 7.63. The van der Waals surface area contributed by atoms with Gasteiger partial charge in [0.1, 0.15) is 18.3 Å². The topological polar surface area (TPSA) is 194 Å². The summed E-state index contributed by atoms with van der Waals surface area (Å²) in [6, 6.07) is 9.34. The van der Waals surface area contributed by atoms with Crippen LogP contribution in [0.3, 0.4) is 0 Å². The third-order valence-electron chi connectivity index (χ3n) is 4.84. The van der Waals surface area contributed by atoms with Crippen LogP contribution in [0.5, 0.6) is 23.0 Å². The van der Waals surface area contributed by atoms with Crippen molar-refractivity contribution in [2.24, 2.45) is 0 Å². The number of hydrogen-bond acceptors (Lipinski definition) is 11. The summed E-state index contributed by atoms with van der Waals surface area (Å²) in [5.74, 6) is -0.0832. The Hall–Kier alpha value is -3.74. The minimum Gasteiger partial charge on any atom is -0.504 e. The van der Waals surface area contributed by atoms with Gasteiger partial charge in [0.25, 0.3) is 0 Å². The number of allylic oxidation sites excluding steroid dienone is 2. The Morgan fingerprint density at radius 1 is 0.757 bits per heavy atom. The summed E-state index contributed by atoms with van der Waals surface area (Å²) in [6.45, 7) is -1.28. The van der Waals surface area contributed by atoms with Crippen LogP contribution < -0.4 is 9.47 Å². The van der Waals surface area contributed by atoms with Gasteiger partial charge in [-0.25, -0.2) is 0 Å². The van der Waals surface area contributed by atoms with Gasteiger partial charge < -0.3 is 45.2 Å². The molecule has 0 saturated heterocycles. The van der Waals surface area contributed by atoms with Gasteiger partial charge in [-0.2, -0.15) is 0 Å². The lowest BCUT2D eigenvalue weighted by atomic mass is 10.1. The average Bonchev–Trinajstić information content (AvgIpc) is 2.91. The van der Waals surface area contributed by atoms with Crippen molar-refractivity contribution in [2.75, 3.05) is 27.4 Å². The monoisotopic (exact) mass is 520 g/mol. The largest absolute Gasteiger partial charge is 0.504 e. The molecule has 0 aliphatic rings. The number of benzene rings is 2. The Morgan fingerprint density at radius 2 is 1.14 bits per heavy atom. The molecular weight excluding hydrogens is 488 g/mol. The summed E-state index contributed by atoms with van der Waals surface area (Å²) in [5, 5.41) is 61.7. The standard InChI is InChI=1S/C21H20O6.C5H12O5/c1-26-20-11-14(5-9-18(20)24)3-7-16(22)13-17(23)8-4-15-6-10-19(25)21(12-15)27-2;6-1-3(8)5(10)4(9)2-7/h3-12,24-25H,13H2,1-2H3;3-10H,1-2H2/b7-3+,8-4+;/t;3-,4+,5?. The van der Waals surface area contributed by atoms with E-state index >= 15 is 0 Å². The minimum atomic E-state index is -1.49. The van der Waals surface area contributed by atoms with E-state index in [1.54, 1.807) is 36.4 Å². The second kappa shape index (κ2) is 16.1. The number of phenolic OH excluding ortho intramolecular Hbond substituents is 2. The first-order valence-electron chi connectivity index (χ1n) is 11.0. The van der Waals surface area contributed by atoms with E-state index in [9.17, 15) is 19.8 Å². The van der Waals surface area contributed by atoms with Crippen LogP contribution in [0.2, 0.25) is 0 Å². The van der Waals surface area contributed by atoms with Crippen LogP contribution in [0, 0.1) is 0 Å². The summed E-state index contributed by atoms with van der Waals surface area (Å²) in [4.78, 5) is 23.9. The molecule has 0 heterocycles. The van der Waals surface area contributed by atoms with Crippen LogP contribution in [0.25, 0.3) is 12.2 Å². The zero-order valence-corrected chi connectivity index (χ0v) is 20.4. The van der Waals surface area contributed by atoms with Crippen LogP contribution in [0.4, 0.5) is 0 Å². The molecule has 3 atom stereocenters. The van der Waals surface area contributed by atoms with Gasteiger partial charge in [-0.15, -0.1) is 0 Å². The highest BCUT2D eigenvalue weighted by molar-refractivity contribution is 6.10. The van der Waals surface area contributed by atoms with E-state index in [1.807, 2.05) is 0 Å². The number of carbonyl (C=O) groups excluding carboxylic acids is 2. The number of phenols is 2. The number of rotatable bonds is 12. The molecule has 2 rings (SSSR count). The Labute approximate surface area is 213 Å². The molecule has 0 amide bonds. The van der Waals surface area contributed by atoms with Crippen molar-refractivity contribution in [3.63, 3.8) is 0 Å². The number of aliphatic hydroxyl groups excluding tert-OH is 5. The molecule has 2 aromatic rings. The third-order valence-corrected chi connectivity index (χ3v) is 4.84. The third kappa shape index (κ3) is 10.8. The number of aliphatic hydroxyl groups is 5. The molecule has 0 radical (unpaired) electrons. The number of ether oxygens (including phenoxy) is 2. The molecule has 2 aromatic carbocycles. The van der Waals surface area contributed by atoms with Gasteiger partial charge in [0.2, 0.25) is 0 Å². The molecule has 0 aliphatic heterocycles. The molecule has 0 fully saturated rings. The van der Waals surface area contributed by atoms with Crippen LogP contribution in [-0.2, 0) is 9.59 Å². The Balaban J connectivity index is 0.000000580. The number of aromatic hydroxyl groups is 2. The fourth-order valence-electron chi connectivity index (χ4n) is 2.74. The van der Waals surface area contributed by atoms with Crippen LogP contribution >= 0.6 is 0 Å². The van der Waals surface area contributed by atoms with E-state index in [4.69, 9.17) is 35.0 Å². The molecule has 202 valence electrons. The summed E-state index contributed by atoms with van der Waals surface area (Å²) in [6.07, 6.45) is 1.15. The van der Waals surface area contributed by atoms with Crippen LogP contribution in [0.15, 0.2) is 48.6 Å². The fraction of sp³-hybridized carbons (Fsp3) is 0.308. The Bertz CT molecular complexity index is 995. The van der Waals surface area contributed by atoms with E-state index in [0.29, 0.717) is 22.6 Å². The summed E-state index contributed by atoms with van der Waals surface area (Å²) >= 11 is 0. The highest BCUT2D eigenvalue weighted by Crippen LogP contribution is 2.27. The maximum atomic E-state index is 11.9. The van der Waals surface area contributed by atoms with Gasteiger partial charge in [0.05, 0.1) is 33.9 Å². The summed E-state index contributed by atoms with van der Waals surface area (Å²) < 4.78 is 10.00. The first-order valence-corrected chi connectivity index (χ1v) is 11.0. The Kier molecular flexibility index (Phi) is 13.6. The van der Waals surface area contributed by atoms with Gasteiger partial charge in [0, 0.05) is 0 Å². The van der Waals surface area contributed by atoms with Crippen molar-refractivity contribution in [3.8, 4) is 23.0 Å². The first kappa shape index (κ1) is 31.3. The van der Waals surface area contributed by atoms with Gasteiger partial charge >= 0.3 is 0 Å². The van der Waals surface area contributed by atoms with E-state index < -0.39 is 31.5 Å². The van der Waals surface area contributed by atoms with Crippen LogP contribution in [-0.4, -0.2) is 93.1 Å². The molecule has 7 N–H and O–H groups in total. The maximum absolute atomic E-state index is 11.9. The van der Waals surface area contributed by atoms with Gasteiger partial charge in [-0.05, 0) is 47.5 Å². The first-order chi connectivity index (χ1) is 17.6. The molecule has 0 aromatic heterocycles. The minimum absolute atomic E-state index is 0.00662. The van der Waals surface area contributed by atoms with Gasteiger partial charge in [0.15, 0.2) is 34.6 Å². The van der Waals surface area contributed by atoms with Crippen molar-refractivity contribution < 1.29 is 54.8 Å². The summed E-state index contributed by atoms with van der Waals surface area (Å²) in [5.41, 5.74) is 1.33. The Morgan fingerprint density at radius 3 is 1.46 bits per heavy atom. The van der Waals surface area contributed by atoms with E-state index in [1.165, 1.54) is 38.5 Å². The lowest BCUT2D eigenvalue weighted by molar-refractivity contribution is -0.121. The zero-order chi connectivity index (χ0) is 28.0. The number of hydrogen-bond donors (Lipinski definition) is 7. The maximum Gasteiger partial charge on any atom is 0.163 e. The van der Waals surface area contributed by atoms with E-state index in [-0.39, 0.29) is 29.5 Å². The highest BCUT2D eigenvalue weighted by atomic mass is 16.5.